The standard InChI is InChI=1S/C15H16F3N3O4/c1-6-3-10(22)9(14(24)25)5-8(6)13(23)21-12(20)7(2)4-11(19)15(16,17)18/h3-5,22H,19-20H2,1-2H3,(H,21,23)(H,24,25)/b11-4-,12-7+. The summed E-state index contributed by atoms with van der Waals surface area (Å²) in [6.07, 6.45) is -4.18. The highest BCUT2D eigenvalue weighted by atomic mass is 19.4. The molecule has 0 saturated heterocycles. The van der Waals surface area contributed by atoms with Gasteiger partial charge in [0.25, 0.3) is 5.91 Å². The third kappa shape index (κ3) is 4.90. The molecule has 0 heterocycles. The van der Waals surface area contributed by atoms with Crippen molar-refractivity contribution in [3.63, 3.8) is 0 Å². The van der Waals surface area contributed by atoms with Crippen LogP contribution in [0.15, 0.2) is 35.3 Å². The summed E-state index contributed by atoms with van der Waals surface area (Å²) in [7, 11) is 0. The molecule has 7 N–H and O–H groups in total. The molecule has 7 nitrogen and oxygen atoms in total. The number of alkyl halides is 3. The van der Waals surface area contributed by atoms with E-state index in [2.05, 4.69) is 5.32 Å². The molecule has 0 aromatic heterocycles. The number of carbonyl (C=O) groups excluding carboxylic acids is 1. The summed E-state index contributed by atoms with van der Waals surface area (Å²) < 4.78 is 37.2. The number of phenols is 1. The molecule has 1 amide bonds. The predicted octanol–water partition coefficient (Wildman–Crippen LogP) is 1.72. The van der Waals surface area contributed by atoms with Gasteiger partial charge in [-0.3, -0.25) is 4.79 Å². The first kappa shape index (κ1) is 19.9. The van der Waals surface area contributed by atoms with Gasteiger partial charge >= 0.3 is 12.1 Å². The minimum absolute atomic E-state index is 0.112. The quantitative estimate of drug-likeness (QED) is 0.519. The molecule has 1 rings (SSSR count). The number of aryl methyl sites for hydroxylation is 1. The number of hydrogen-bond acceptors (Lipinski definition) is 5. The second-order valence-corrected chi connectivity index (χ2v) is 5.14. The molecule has 0 fully saturated rings. The number of aromatic carboxylic acids is 1. The van der Waals surface area contributed by atoms with Crippen molar-refractivity contribution in [1.29, 1.82) is 0 Å². The smallest absolute Gasteiger partial charge is 0.430 e. The molecule has 0 aliphatic heterocycles. The van der Waals surface area contributed by atoms with Gasteiger partial charge in [-0.25, -0.2) is 4.79 Å². The fraction of sp³-hybridized carbons (Fsp3) is 0.200. The Morgan fingerprint density at radius 1 is 1.20 bits per heavy atom. The zero-order chi connectivity index (χ0) is 19.5. The van der Waals surface area contributed by atoms with Crippen LogP contribution in [-0.4, -0.2) is 28.3 Å². The fourth-order valence-electron chi connectivity index (χ4n) is 1.79. The first-order valence-corrected chi connectivity index (χ1v) is 6.73. The Balaban J connectivity index is 3.16. The lowest BCUT2D eigenvalue weighted by molar-refractivity contribution is -0.0927. The van der Waals surface area contributed by atoms with Crippen LogP contribution in [0.5, 0.6) is 5.75 Å². The van der Waals surface area contributed by atoms with E-state index in [0.717, 1.165) is 12.1 Å². The van der Waals surface area contributed by atoms with Crippen LogP contribution in [0.25, 0.3) is 0 Å². The van der Waals surface area contributed by atoms with Gasteiger partial charge in [-0.1, -0.05) is 0 Å². The number of benzene rings is 1. The second-order valence-electron chi connectivity index (χ2n) is 5.14. The monoisotopic (exact) mass is 359 g/mol. The first-order valence-electron chi connectivity index (χ1n) is 6.73. The van der Waals surface area contributed by atoms with Crippen LogP contribution in [-0.2, 0) is 0 Å². The van der Waals surface area contributed by atoms with E-state index in [0.29, 0.717) is 6.08 Å². The molecule has 0 spiro atoms. The van der Waals surface area contributed by atoms with Crippen LogP contribution in [0.3, 0.4) is 0 Å². The number of carbonyl (C=O) groups is 2. The molecule has 25 heavy (non-hydrogen) atoms. The second kappa shape index (κ2) is 7.16. The normalized spacial score (nSPS) is 13.2. The van der Waals surface area contributed by atoms with Gasteiger partial charge in [0.2, 0.25) is 0 Å². The van der Waals surface area contributed by atoms with E-state index < -0.39 is 35.1 Å². The maximum atomic E-state index is 12.4. The van der Waals surface area contributed by atoms with E-state index in [-0.39, 0.29) is 22.5 Å². The van der Waals surface area contributed by atoms with Crippen molar-refractivity contribution < 1.29 is 33.0 Å². The number of carboxylic acid groups (broad SMARTS) is 1. The number of hydrogen-bond donors (Lipinski definition) is 5. The van der Waals surface area contributed by atoms with Gasteiger partial charge in [0.05, 0.1) is 0 Å². The third-order valence-electron chi connectivity index (χ3n) is 3.19. The summed E-state index contributed by atoms with van der Waals surface area (Å²) in [5, 5.41) is 20.6. The highest BCUT2D eigenvalue weighted by molar-refractivity contribution is 6.00. The van der Waals surface area contributed by atoms with Crippen LogP contribution in [0.4, 0.5) is 13.2 Å². The topological polar surface area (TPSA) is 139 Å². The lowest BCUT2D eigenvalue weighted by atomic mass is 10.0. The number of nitrogens with two attached hydrogens (primary N) is 2. The van der Waals surface area contributed by atoms with Crippen molar-refractivity contribution in [3.8, 4) is 5.75 Å². The molecule has 136 valence electrons. The van der Waals surface area contributed by atoms with Crippen molar-refractivity contribution in [2.75, 3.05) is 0 Å². The minimum atomic E-state index is -4.74. The molecule has 1 aromatic carbocycles. The van der Waals surface area contributed by atoms with Crippen molar-refractivity contribution in [2.45, 2.75) is 20.0 Å². The van der Waals surface area contributed by atoms with Gasteiger partial charge in [-0.2, -0.15) is 13.2 Å². The lowest BCUT2D eigenvalue weighted by Gasteiger charge is -2.12. The number of carboxylic acids is 1. The summed E-state index contributed by atoms with van der Waals surface area (Å²) >= 11 is 0. The average molecular weight is 359 g/mol. The molecule has 1 aromatic rings. The Morgan fingerprint density at radius 2 is 1.76 bits per heavy atom. The molecule has 0 aliphatic rings. The number of aromatic hydroxyl groups is 1. The summed E-state index contributed by atoms with van der Waals surface area (Å²) in [6.45, 7) is 2.65. The van der Waals surface area contributed by atoms with E-state index >= 15 is 0 Å². The summed E-state index contributed by atoms with van der Waals surface area (Å²) in [5.41, 5.74) is 8.50. The van der Waals surface area contributed by atoms with Crippen LogP contribution in [0.2, 0.25) is 0 Å². The summed E-state index contributed by atoms with van der Waals surface area (Å²) in [6, 6.07) is 2.01. The molecule has 0 saturated carbocycles. The Labute approximate surface area is 140 Å². The van der Waals surface area contributed by atoms with E-state index in [9.17, 15) is 27.9 Å². The zero-order valence-electron chi connectivity index (χ0n) is 13.2. The molecule has 0 bridgehead atoms. The van der Waals surface area contributed by atoms with E-state index in [4.69, 9.17) is 16.6 Å². The summed E-state index contributed by atoms with van der Waals surface area (Å²) in [5.74, 6) is -3.22. The Kier molecular flexibility index (Phi) is 5.69. The van der Waals surface area contributed by atoms with E-state index in [1.807, 2.05) is 0 Å². The Morgan fingerprint density at radius 3 is 2.24 bits per heavy atom. The number of allylic oxidation sites excluding steroid dienone is 3. The van der Waals surface area contributed by atoms with Crippen LogP contribution in [0, 0.1) is 6.92 Å². The zero-order valence-corrected chi connectivity index (χ0v) is 13.2. The molecule has 0 aliphatic carbocycles. The molecule has 10 heteroatoms. The predicted molar refractivity (Wildman–Crippen MR) is 82.5 cm³/mol. The van der Waals surface area contributed by atoms with Crippen molar-refractivity contribution >= 4 is 11.9 Å². The SMILES string of the molecule is CC(/C=C(\N)C(F)(F)F)=C(/N)NC(=O)c1cc(C(=O)O)c(O)cc1C. The Hall–Kier alpha value is -3.17. The van der Waals surface area contributed by atoms with Crippen LogP contribution in [0.1, 0.15) is 33.2 Å². The first-order chi connectivity index (χ1) is 11.3. The molecule has 0 radical (unpaired) electrons. The van der Waals surface area contributed by atoms with E-state index in [1.165, 1.54) is 13.8 Å². The largest absolute Gasteiger partial charge is 0.507 e. The van der Waals surface area contributed by atoms with Gasteiger partial charge in [0.15, 0.2) is 0 Å². The highest BCUT2D eigenvalue weighted by Crippen LogP contribution is 2.24. The van der Waals surface area contributed by atoms with Crippen molar-refractivity contribution in [3.05, 3.63) is 52.0 Å². The molecular weight excluding hydrogens is 343 g/mol. The van der Waals surface area contributed by atoms with Crippen molar-refractivity contribution in [1.82, 2.24) is 5.32 Å². The lowest BCUT2D eigenvalue weighted by Crippen LogP contribution is -2.29. The maximum Gasteiger partial charge on any atom is 0.430 e. The maximum absolute atomic E-state index is 12.4. The van der Waals surface area contributed by atoms with Gasteiger partial charge in [0.1, 0.15) is 22.8 Å². The number of rotatable bonds is 4. The number of halogens is 3. The number of amides is 1. The average Bonchev–Trinajstić information content (AvgIpc) is 2.45. The molecule has 0 unspecified atom stereocenters. The van der Waals surface area contributed by atoms with E-state index in [1.54, 1.807) is 0 Å². The fourth-order valence-corrected chi connectivity index (χ4v) is 1.79. The van der Waals surface area contributed by atoms with Crippen molar-refractivity contribution in [2.24, 2.45) is 11.5 Å². The highest BCUT2D eigenvalue weighted by Gasteiger charge is 2.31. The van der Waals surface area contributed by atoms with Gasteiger partial charge in [0, 0.05) is 5.56 Å². The molecule has 0 atom stereocenters. The summed E-state index contributed by atoms with van der Waals surface area (Å²) in [4.78, 5) is 23.2. The van der Waals surface area contributed by atoms with Crippen LogP contribution < -0.4 is 16.8 Å². The van der Waals surface area contributed by atoms with Crippen LogP contribution >= 0.6 is 0 Å². The van der Waals surface area contributed by atoms with Gasteiger partial charge in [-0.15, -0.1) is 0 Å². The molecular formula is C15H16F3N3O4. The third-order valence-corrected chi connectivity index (χ3v) is 3.19. The Bertz CT molecular complexity index is 783. The van der Waals surface area contributed by atoms with Gasteiger partial charge in [-0.05, 0) is 43.2 Å². The number of nitrogens with one attached hydrogen (secondary N) is 1. The van der Waals surface area contributed by atoms with Gasteiger partial charge < -0.3 is 27.0 Å². The minimum Gasteiger partial charge on any atom is -0.507 e.